The van der Waals surface area contributed by atoms with Gasteiger partial charge in [-0.1, -0.05) is 45.2 Å². The number of alkyl halides is 4. The maximum absolute atomic E-state index is 12.9. The predicted octanol–water partition coefficient (Wildman–Crippen LogP) is 3.46. The Kier molecular flexibility index (Phi) is 6.69. The van der Waals surface area contributed by atoms with Gasteiger partial charge in [0.25, 0.3) is 5.92 Å². The highest BCUT2D eigenvalue weighted by atomic mass is 127. The van der Waals surface area contributed by atoms with Gasteiger partial charge < -0.3 is 5.11 Å². The van der Waals surface area contributed by atoms with E-state index in [-0.39, 0.29) is 19.3 Å². The number of carboxylic acid groups (broad SMARTS) is 1. The van der Waals surface area contributed by atoms with E-state index in [1.807, 2.05) is 0 Å². The van der Waals surface area contributed by atoms with E-state index in [1.165, 1.54) is 0 Å². The van der Waals surface area contributed by atoms with Crippen LogP contribution in [0.3, 0.4) is 0 Å². The van der Waals surface area contributed by atoms with Crippen LogP contribution < -0.4 is 0 Å². The summed E-state index contributed by atoms with van der Waals surface area (Å²) in [4.78, 5) is 10.1. The van der Waals surface area contributed by atoms with Crippen molar-refractivity contribution in [3.8, 4) is 0 Å². The van der Waals surface area contributed by atoms with Gasteiger partial charge >= 0.3 is 5.97 Å². The van der Waals surface area contributed by atoms with Gasteiger partial charge in [-0.2, -0.15) is 0 Å². The Bertz CT molecular complexity index is 174. The van der Waals surface area contributed by atoms with Crippen LogP contribution in [0.4, 0.5) is 8.78 Å². The number of carbonyl (C=O) groups is 1. The Morgan fingerprint density at radius 1 is 1.38 bits per heavy atom. The first-order chi connectivity index (χ1) is 5.86. The molecule has 0 aliphatic heterocycles. The normalized spacial score (nSPS) is 12.1. The molecule has 0 rings (SSSR count). The molecule has 0 saturated carbocycles. The van der Waals surface area contributed by atoms with Gasteiger partial charge in [0, 0.05) is 12.8 Å². The van der Waals surface area contributed by atoms with Gasteiger partial charge in [-0.15, -0.1) is 0 Å². The number of unbranched alkanes of at least 4 members (excludes halogenated alkanes) is 1. The predicted molar refractivity (Wildman–Crippen MR) is 62.9 cm³/mol. The zero-order valence-corrected chi connectivity index (χ0v) is 11.1. The summed E-state index contributed by atoms with van der Waals surface area (Å²) in [5.74, 6) is -3.61. The summed E-state index contributed by atoms with van der Waals surface area (Å²) in [6.07, 6.45) is 0.340. The molecule has 0 unspecified atom stereocenters. The van der Waals surface area contributed by atoms with Crippen LogP contribution in [0.15, 0.2) is 0 Å². The second-order valence-electron chi connectivity index (χ2n) is 2.66. The molecular formula is C7H10F2I2O2. The van der Waals surface area contributed by atoms with Crippen LogP contribution in [0.1, 0.15) is 25.7 Å². The van der Waals surface area contributed by atoms with Gasteiger partial charge in [0.05, 0.1) is 0 Å². The molecule has 0 aliphatic carbocycles. The molecule has 0 aromatic heterocycles. The number of halogens is 4. The van der Waals surface area contributed by atoms with Gasteiger partial charge in [-0.3, -0.25) is 4.79 Å². The largest absolute Gasteiger partial charge is 0.481 e. The zero-order valence-electron chi connectivity index (χ0n) is 6.77. The van der Waals surface area contributed by atoms with Crippen molar-refractivity contribution in [3.05, 3.63) is 0 Å². The van der Waals surface area contributed by atoms with Crippen molar-refractivity contribution in [1.82, 2.24) is 0 Å². The first kappa shape index (κ1) is 13.8. The summed E-state index contributed by atoms with van der Waals surface area (Å²) in [5, 5.41) is 8.26. The number of aliphatic carboxylic acids is 1. The van der Waals surface area contributed by atoms with Crippen LogP contribution in [0.25, 0.3) is 0 Å². The van der Waals surface area contributed by atoms with E-state index in [9.17, 15) is 13.6 Å². The van der Waals surface area contributed by atoms with Crippen molar-refractivity contribution >= 4 is 51.2 Å². The topological polar surface area (TPSA) is 37.3 Å². The molecule has 0 heterocycles. The van der Waals surface area contributed by atoms with Gasteiger partial charge in [0.1, 0.15) is 1.93 Å². The lowest BCUT2D eigenvalue weighted by Crippen LogP contribution is -2.23. The molecule has 1 N–H and O–H groups in total. The Morgan fingerprint density at radius 3 is 2.31 bits per heavy atom. The van der Waals surface area contributed by atoms with E-state index in [2.05, 4.69) is 0 Å². The summed E-state index contributed by atoms with van der Waals surface area (Å²) in [6, 6.07) is 0. The summed E-state index contributed by atoms with van der Waals surface area (Å²) in [5.41, 5.74) is 0. The average molecular weight is 418 g/mol. The minimum Gasteiger partial charge on any atom is -0.481 e. The third-order valence-electron chi connectivity index (χ3n) is 1.47. The van der Waals surface area contributed by atoms with E-state index in [0.29, 0.717) is 6.42 Å². The number of hydrogen-bond acceptors (Lipinski definition) is 1. The van der Waals surface area contributed by atoms with E-state index in [0.717, 1.165) is 0 Å². The summed E-state index contributed by atoms with van der Waals surface area (Å²) in [7, 11) is 0. The summed E-state index contributed by atoms with van der Waals surface area (Å²) in [6.45, 7) is 0. The Balaban J connectivity index is 3.58. The molecule has 78 valence electrons. The number of carboxylic acids is 1. The first-order valence-electron chi connectivity index (χ1n) is 3.74. The third-order valence-corrected chi connectivity index (χ3v) is 3.29. The Morgan fingerprint density at radius 2 is 1.92 bits per heavy atom. The van der Waals surface area contributed by atoms with E-state index in [1.54, 1.807) is 45.2 Å². The molecule has 0 radical (unpaired) electrons. The molecule has 0 spiro atoms. The number of rotatable bonds is 6. The molecule has 6 heteroatoms. The van der Waals surface area contributed by atoms with Crippen molar-refractivity contribution in [2.24, 2.45) is 0 Å². The highest BCUT2D eigenvalue weighted by Crippen LogP contribution is 2.34. The van der Waals surface area contributed by atoms with Crippen molar-refractivity contribution in [3.63, 3.8) is 0 Å². The lowest BCUT2D eigenvalue weighted by atomic mass is 10.1. The summed E-state index contributed by atoms with van der Waals surface area (Å²) < 4.78 is 25.1. The average Bonchev–Trinajstić information content (AvgIpc) is 1.97. The zero-order chi connectivity index (χ0) is 10.5. The summed E-state index contributed by atoms with van der Waals surface area (Å²) >= 11 is 3.34. The Hall–Kier alpha value is 0.790. The molecule has 0 fully saturated rings. The second-order valence-corrected chi connectivity index (χ2v) is 7.54. The van der Waals surface area contributed by atoms with E-state index in [4.69, 9.17) is 5.11 Å². The molecule has 0 saturated heterocycles. The fourth-order valence-electron chi connectivity index (χ4n) is 0.746. The molecule has 0 bridgehead atoms. The Labute approximate surface area is 103 Å². The van der Waals surface area contributed by atoms with Crippen LogP contribution in [0.5, 0.6) is 0 Å². The van der Waals surface area contributed by atoms with Crippen LogP contribution in [-0.4, -0.2) is 18.9 Å². The maximum Gasteiger partial charge on any atom is 0.303 e. The smallest absolute Gasteiger partial charge is 0.303 e. The molecule has 0 amide bonds. The lowest BCUT2D eigenvalue weighted by molar-refractivity contribution is -0.137. The van der Waals surface area contributed by atoms with Crippen LogP contribution >= 0.6 is 45.2 Å². The third kappa shape index (κ3) is 6.81. The minimum absolute atomic E-state index is 0.0246. The minimum atomic E-state index is -2.68. The van der Waals surface area contributed by atoms with Crippen LogP contribution in [0, 0.1) is 0 Å². The van der Waals surface area contributed by atoms with Crippen molar-refractivity contribution < 1.29 is 18.7 Å². The first-order valence-corrected chi connectivity index (χ1v) is 6.23. The van der Waals surface area contributed by atoms with E-state index >= 15 is 0 Å². The lowest BCUT2D eigenvalue weighted by Gasteiger charge is -2.17. The van der Waals surface area contributed by atoms with Crippen LogP contribution in [-0.2, 0) is 4.79 Å². The van der Waals surface area contributed by atoms with E-state index < -0.39 is 13.8 Å². The quantitative estimate of drug-likeness (QED) is 0.408. The fraction of sp³-hybridized carbons (Fsp3) is 0.857. The number of hydrogen-bond donors (Lipinski definition) is 1. The van der Waals surface area contributed by atoms with Crippen molar-refractivity contribution in [2.75, 3.05) is 0 Å². The molecule has 0 aromatic rings. The van der Waals surface area contributed by atoms with Gasteiger partial charge in [0.2, 0.25) is 0 Å². The monoisotopic (exact) mass is 418 g/mol. The molecule has 0 aromatic carbocycles. The molecule has 0 aliphatic rings. The molecule has 0 atom stereocenters. The van der Waals surface area contributed by atoms with Gasteiger partial charge in [-0.25, -0.2) is 8.78 Å². The van der Waals surface area contributed by atoms with Crippen molar-refractivity contribution in [2.45, 2.75) is 33.5 Å². The fourth-order valence-corrected chi connectivity index (χ4v) is 1.37. The van der Waals surface area contributed by atoms with Gasteiger partial charge in [-0.05, 0) is 12.8 Å². The standard InChI is InChI=1S/C7H10F2I2O2/c8-7(9,6(10)11)4-2-1-3-5(12)13/h6H,1-4H2,(H,12,13). The molecule has 13 heavy (non-hydrogen) atoms. The van der Waals surface area contributed by atoms with Gasteiger partial charge in [0.15, 0.2) is 0 Å². The molecular weight excluding hydrogens is 408 g/mol. The highest BCUT2D eigenvalue weighted by molar-refractivity contribution is 14.2. The highest BCUT2D eigenvalue weighted by Gasteiger charge is 2.34. The maximum atomic E-state index is 12.9. The van der Waals surface area contributed by atoms with Crippen molar-refractivity contribution in [1.29, 1.82) is 0 Å². The molecule has 2 nitrogen and oxygen atoms in total. The SMILES string of the molecule is O=C(O)CCCCC(F)(F)C(I)I. The second kappa shape index (κ2) is 6.31. The van der Waals surface area contributed by atoms with Crippen LogP contribution in [0.2, 0.25) is 0 Å².